The Balaban J connectivity index is 1.24. The predicted octanol–water partition coefficient (Wildman–Crippen LogP) is 6.04. The van der Waals surface area contributed by atoms with Crippen LogP contribution in [0.15, 0.2) is 71.3 Å². The largest absolute Gasteiger partial charge is 0.486 e. The number of fused-ring (bicyclic) bond motifs is 1. The highest BCUT2D eigenvalue weighted by Gasteiger charge is 2.14. The van der Waals surface area contributed by atoms with Gasteiger partial charge < -0.3 is 24.5 Å². The molecule has 0 fully saturated rings. The maximum Gasteiger partial charge on any atom is 0.323 e. The molecule has 7 nitrogen and oxygen atoms in total. The molecule has 0 unspecified atom stereocenters. The number of benzene rings is 3. The number of rotatable bonds is 4. The molecule has 0 atom stereocenters. The quantitative estimate of drug-likeness (QED) is 0.403. The maximum absolute atomic E-state index is 12.4. The lowest BCUT2D eigenvalue weighted by Crippen LogP contribution is -2.20. The standard InChI is InChI=1S/C26H23N3O4/c1-16-3-9-21(17(2)13-16)22-15-33-25(29-22)18-4-6-19(7-5-18)27-26(30)28-20-8-10-23-24(14-20)32-12-11-31-23/h3-10,13-15H,11-12H2,1-2H3,(H2,27,28,30). The van der Waals surface area contributed by atoms with Crippen LogP contribution >= 0.6 is 0 Å². The second kappa shape index (κ2) is 8.70. The molecule has 3 aromatic carbocycles. The fourth-order valence-electron chi connectivity index (χ4n) is 3.74. The molecule has 7 heteroatoms. The predicted molar refractivity (Wildman–Crippen MR) is 127 cm³/mol. The number of aromatic nitrogens is 1. The average molecular weight is 441 g/mol. The van der Waals surface area contributed by atoms with E-state index < -0.39 is 0 Å². The van der Waals surface area contributed by atoms with Crippen LogP contribution in [-0.4, -0.2) is 24.2 Å². The lowest BCUT2D eigenvalue weighted by molar-refractivity contribution is 0.171. The molecule has 5 rings (SSSR count). The van der Waals surface area contributed by atoms with E-state index >= 15 is 0 Å². The second-order valence-electron chi connectivity index (χ2n) is 7.87. The molecule has 0 bridgehead atoms. The number of amides is 2. The van der Waals surface area contributed by atoms with Gasteiger partial charge in [-0.05, 0) is 55.8 Å². The minimum absolute atomic E-state index is 0.354. The molecule has 0 spiro atoms. The Morgan fingerprint density at radius 1 is 0.848 bits per heavy atom. The number of carbonyl (C=O) groups is 1. The van der Waals surface area contributed by atoms with E-state index in [0.29, 0.717) is 42.0 Å². The third kappa shape index (κ3) is 4.52. The fourth-order valence-corrected chi connectivity index (χ4v) is 3.74. The van der Waals surface area contributed by atoms with Crippen LogP contribution in [0.2, 0.25) is 0 Å². The summed E-state index contributed by atoms with van der Waals surface area (Å²) in [6.07, 6.45) is 1.67. The first kappa shape index (κ1) is 20.6. The van der Waals surface area contributed by atoms with E-state index in [-0.39, 0.29) is 6.03 Å². The number of carbonyl (C=O) groups excluding carboxylic acids is 1. The van der Waals surface area contributed by atoms with Gasteiger partial charge in [0.05, 0.1) is 0 Å². The number of nitrogens with one attached hydrogen (secondary N) is 2. The molecule has 1 aliphatic heterocycles. The number of urea groups is 1. The van der Waals surface area contributed by atoms with Crippen LogP contribution in [0.1, 0.15) is 11.1 Å². The summed E-state index contributed by atoms with van der Waals surface area (Å²) in [5, 5.41) is 5.62. The van der Waals surface area contributed by atoms with Gasteiger partial charge in [0.2, 0.25) is 5.89 Å². The minimum Gasteiger partial charge on any atom is -0.486 e. The molecular formula is C26H23N3O4. The smallest absolute Gasteiger partial charge is 0.323 e. The first-order valence-electron chi connectivity index (χ1n) is 10.7. The number of ether oxygens (including phenoxy) is 2. The van der Waals surface area contributed by atoms with Gasteiger partial charge >= 0.3 is 6.03 Å². The summed E-state index contributed by atoms with van der Waals surface area (Å²) in [6.45, 7) is 5.15. The monoisotopic (exact) mass is 441 g/mol. The summed E-state index contributed by atoms with van der Waals surface area (Å²) >= 11 is 0. The molecular weight excluding hydrogens is 418 g/mol. The summed E-state index contributed by atoms with van der Waals surface area (Å²) in [7, 11) is 0. The number of anilines is 2. The van der Waals surface area contributed by atoms with E-state index in [1.807, 2.05) is 12.1 Å². The molecule has 1 aromatic heterocycles. The van der Waals surface area contributed by atoms with Crippen molar-refractivity contribution in [3.63, 3.8) is 0 Å². The molecule has 166 valence electrons. The van der Waals surface area contributed by atoms with Crippen LogP contribution in [0.25, 0.3) is 22.7 Å². The lowest BCUT2D eigenvalue weighted by atomic mass is 10.0. The Hall–Kier alpha value is -4.26. The number of oxazole rings is 1. The van der Waals surface area contributed by atoms with E-state index in [4.69, 9.17) is 13.9 Å². The summed E-state index contributed by atoms with van der Waals surface area (Å²) in [6, 6.07) is 18.5. The highest BCUT2D eigenvalue weighted by atomic mass is 16.6. The summed E-state index contributed by atoms with van der Waals surface area (Å²) < 4.78 is 16.7. The summed E-state index contributed by atoms with van der Waals surface area (Å²) in [4.78, 5) is 17.0. The molecule has 33 heavy (non-hydrogen) atoms. The van der Waals surface area contributed by atoms with Crippen molar-refractivity contribution in [2.45, 2.75) is 13.8 Å². The summed E-state index contributed by atoms with van der Waals surface area (Å²) in [5.41, 5.74) is 6.29. The highest BCUT2D eigenvalue weighted by Crippen LogP contribution is 2.33. The van der Waals surface area contributed by atoms with Crippen LogP contribution in [0.3, 0.4) is 0 Å². The minimum atomic E-state index is -0.354. The van der Waals surface area contributed by atoms with Crippen molar-refractivity contribution in [1.82, 2.24) is 4.98 Å². The van der Waals surface area contributed by atoms with Crippen molar-refractivity contribution in [3.05, 3.63) is 78.1 Å². The van der Waals surface area contributed by atoms with E-state index in [9.17, 15) is 4.79 Å². The first-order chi connectivity index (χ1) is 16.0. The zero-order valence-corrected chi connectivity index (χ0v) is 18.3. The lowest BCUT2D eigenvalue weighted by Gasteiger charge is -2.19. The summed E-state index contributed by atoms with van der Waals surface area (Å²) in [5.74, 6) is 1.82. The van der Waals surface area contributed by atoms with Gasteiger partial charge in [-0.1, -0.05) is 23.8 Å². The molecule has 2 heterocycles. The second-order valence-corrected chi connectivity index (χ2v) is 7.87. The Kier molecular flexibility index (Phi) is 5.44. The highest BCUT2D eigenvalue weighted by molar-refractivity contribution is 6.00. The van der Waals surface area contributed by atoms with Crippen LogP contribution in [-0.2, 0) is 0 Å². The number of aryl methyl sites for hydroxylation is 2. The van der Waals surface area contributed by atoms with Crippen molar-refractivity contribution >= 4 is 17.4 Å². The average Bonchev–Trinajstić information content (AvgIpc) is 3.29. The first-order valence-corrected chi connectivity index (χ1v) is 10.7. The van der Waals surface area contributed by atoms with Gasteiger partial charge in [0.15, 0.2) is 11.5 Å². The van der Waals surface area contributed by atoms with Gasteiger partial charge in [-0.15, -0.1) is 0 Å². The van der Waals surface area contributed by atoms with Crippen molar-refractivity contribution in [2.75, 3.05) is 23.8 Å². The normalized spacial score (nSPS) is 12.3. The zero-order chi connectivity index (χ0) is 22.8. The number of hydrogen-bond donors (Lipinski definition) is 2. The van der Waals surface area contributed by atoms with Gasteiger partial charge in [-0.3, -0.25) is 0 Å². The number of hydrogen-bond acceptors (Lipinski definition) is 5. The molecule has 0 saturated carbocycles. The van der Waals surface area contributed by atoms with Crippen LogP contribution in [0.4, 0.5) is 16.2 Å². The zero-order valence-electron chi connectivity index (χ0n) is 18.3. The van der Waals surface area contributed by atoms with E-state index in [0.717, 1.165) is 22.4 Å². The van der Waals surface area contributed by atoms with Crippen LogP contribution in [0, 0.1) is 13.8 Å². The van der Waals surface area contributed by atoms with E-state index in [1.165, 1.54) is 5.56 Å². The van der Waals surface area contributed by atoms with Crippen molar-refractivity contribution < 1.29 is 18.7 Å². The number of nitrogens with zero attached hydrogens (tertiary/aromatic N) is 1. The Bertz CT molecular complexity index is 1310. The van der Waals surface area contributed by atoms with Crippen molar-refractivity contribution in [2.24, 2.45) is 0 Å². The third-order valence-corrected chi connectivity index (χ3v) is 5.35. The molecule has 0 radical (unpaired) electrons. The Morgan fingerprint density at radius 2 is 1.58 bits per heavy atom. The molecule has 2 N–H and O–H groups in total. The Labute approximate surface area is 191 Å². The van der Waals surface area contributed by atoms with Crippen molar-refractivity contribution in [3.8, 4) is 34.2 Å². The van der Waals surface area contributed by atoms with E-state index in [1.54, 1.807) is 36.6 Å². The Morgan fingerprint density at radius 3 is 2.36 bits per heavy atom. The van der Waals surface area contributed by atoms with Crippen molar-refractivity contribution in [1.29, 1.82) is 0 Å². The molecule has 0 saturated heterocycles. The fraction of sp³-hybridized carbons (Fsp3) is 0.154. The van der Waals surface area contributed by atoms with Crippen LogP contribution in [0.5, 0.6) is 11.5 Å². The SMILES string of the molecule is Cc1ccc(-c2coc(-c3ccc(NC(=O)Nc4ccc5c(c4)OCCO5)cc3)n2)c(C)c1. The molecule has 0 aliphatic carbocycles. The van der Waals surface area contributed by atoms with Gasteiger partial charge in [-0.25, -0.2) is 9.78 Å². The maximum atomic E-state index is 12.4. The van der Waals surface area contributed by atoms with Gasteiger partial charge in [0.25, 0.3) is 0 Å². The third-order valence-electron chi connectivity index (χ3n) is 5.35. The van der Waals surface area contributed by atoms with Gasteiger partial charge in [-0.2, -0.15) is 0 Å². The topological polar surface area (TPSA) is 85.6 Å². The van der Waals surface area contributed by atoms with Gasteiger partial charge in [0, 0.05) is 28.6 Å². The molecule has 2 amide bonds. The molecule has 1 aliphatic rings. The van der Waals surface area contributed by atoms with Gasteiger partial charge in [0.1, 0.15) is 25.2 Å². The molecule has 4 aromatic rings. The van der Waals surface area contributed by atoms with Crippen LogP contribution < -0.4 is 20.1 Å². The van der Waals surface area contributed by atoms with E-state index in [2.05, 4.69) is 47.7 Å².